The second-order valence-corrected chi connectivity index (χ2v) is 7.26. The third-order valence-electron chi connectivity index (χ3n) is 5.32. The van der Waals surface area contributed by atoms with Gasteiger partial charge in [0.05, 0.1) is 11.1 Å². The van der Waals surface area contributed by atoms with Crippen molar-refractivity contribution in [3.8, 4) is 0 Å². The lowest BCUT2D eigenvalue weighted by atomic mass is 10.1. The van der Waals surface area contributed by atoms with Gasteiger partial charge in [0.1, 0.15) is 5.82 Å². The van der Waals surface area contributed by atoms with E-state index >= 15 is 0 Å². The Bertz CT molecular complexity index is 936. The molecule has 3 rings (SSSR count). The molecule has 0 bridgehead atoms. The van der Waals surface area contributed by atoms with Gasteiger partial charge in [-0.1, -0.05) is 19.4 Å². The molecule has 0 unspecified atom stereocenters. The zero-order chi connectivity index (χ0) is 21.7. The number of nitrogens with one attached hydrogen (secondary N) is 1. The monoisotopic (exact) mass is 408 g/mol. The van der Waals surface area contributed by atoms with Gasteiger partial charge >= 0.3 is 0 Å². The van der Waals surface area contributed by atoms with Crippen molar-refractivity contribution in [2.75, 3.05) is 24.5 Å². The highest BCUT2D eigenvalue weighted by molar-refractivity contribution is 6.22. The van der Waals surface area contributed by atoms with Crippen molar-refractivity contribution >= 4 is 23.5 Å². The van der Waals surface area contributed by atoms with E-state index in [0.717, 1.165) is 37.3 Å². The molecule has 1 aromatic heterocycles. The summed E-state index contributed by atoms with van der Waals surface area (Å²) in [5.74, 6) is 0.00597. The average molecular weight is 409 g/mol. The van der Waals surface area contributed by atoms with E-state index in [1.807, 2.05) is 19.1 Å². The number of nitrogens with zero attached hydrogens (tertiary/aromatic N) is 3. The molecule has 1 aromatic carbocycles. The van der Waals surface area contributed by atoms with Crippen LogP contribution >= 0.6 is 0 Å². The maximum Gasteiger partial charge on any atom is 0.261 e. The Morgan fingerprint density at radius 2 is 1.77 bits per heavy atom. The highest BCUT2D eigenvalue weighted by atomic mass is 16.2. The van der Waals surface area contributed by atoms with Gasteiger partial charge in [-0.15, -0.1) is 0 Å². The van der Waals surface area contributed by atoms with Crippen LogP contribution in [-0.2, 0) is 6.54 Å². The van der Waals surface area contributed by atoms with Crippen molar-refractivity contribution in [1.29, 1.82) is 0 Å². The highest BCUT2D eigenvalue weighted by Gasteiger charge is 2.35. The normalized spacial score (nSPS) is 12.8. The fourth-order valence-corrected chi connectivity index (χ4v) is 3.49. The summed E-state index contributed by atoms with van der Waals surface area (Å²) in [6, 6.07) is 8.55. The summed E-state index contributed by atoms with van der Waals surface area (Å²) in [7, 11) is 0. The van der Waals surface area contributed by atoms with Gasteiger partial charge < -0.3 is 10.2 Å². The third kappa shape index (κ3) is 4.35. The molecule has 0 atom stereocenters. The van der Waals surface area contributed by atoms with E-state index in [-0.39, 0.29) is 17.7 Å². The number of amides is 3. The van der Waals surface area contributed by atoms with E-state index in [9.17, 15) is 14.4 Å². The molecule has 0 saturated heterocycles. The molecule has 2 heterocycles. The molecule has 0 radical (unpaired) electrons. The summed E-state index contributed by atoms with van der Waals surface area (Å²) in [5, 5.41) is 2.85. The van der Waals surface area contributed by atoms with Gasteiger partial charge in [0.15, 0.2) is 0 Å². The van der Waals surface area contributed by atoms with E-state index < -0.39 is 0 Å². The van der Waals surface area contributed by atoms with Crippen LogP contribution in [0.1, 0.15) is 70.3 Å². The SMILES string of the molecule is CCCCN1C(=O)c2ccc(C(=O)NCc3ccc(N(CC)CC)nc3)cc2C1=O. The topological polar surface area (TPSA) is 82.6 Å². The van der Waals surface area contributed by atoms with Crippen molar-refractivity contribution in [3.63, 3.8) is 0 Å². The Morgan fingerprint density at radius 1 is 1.03 bits per heavy atom. The first-order chi connectivity index (χ1) is 14.5. The van der Waals surface area contributed by atoms with Crippen LogP contribution in [0, 0.1) is 0 Å². The van der Waals surface area contributed by atoms with Crippen molar-refractivity contribution in [1.82, 2.24) is 15.2 Å². The van der Waals surface area contributed by atoms with Crippen LogP contribution in [0.3, 0.4) is 0 Å². The summed E-state index contributed by atoms with van der Waals surface area (Å²) in [5.41, 5.74) is 1.91. The Kier molecular flexibility index (Phi) is 6.82. The zero-order valence-corrected chi connectivity index (χ0v) is 17.8. The Hall–Kier alpha value is -3.22. The number of anilines is 1. The maximum absolute atomic E-state index is 12.6. The lowest BCUT2D eigenvalue weighted by Gasteiger charge is -2.19. The molecule has 7 nitrogen and oxygen atoms in total. The molecule has 2 aromatic rings. The maximum atomic E-state index is 12.6. The molecule has 1 aliphatic heterocycles. The lowest BCUT2D eigenvalue weighted by molar-refractivity contribution is 0.0652. The number of hydrogen-bond donors (Lipinski definition) is 1. The van der Waals surface area contributed by atoms with Gasteiger partial charge in [0.25, 0.3) is 17.7 Å². The average Bonchev–Trinajstić information content (AvgIpc) is 3.01. The first kappa shape index (κ1) is 21.5. The fourth-order valence-electron chi connectivity index (χ4n) is 3.49. The van der Waals surface area contributed by atoms with Crippen LogP contribution in [0.5, 0.6) is 0 Å². The van der Waals surface area contributed by atoms with Gasteiger partial charge in [0.2, 0.25) is 0 Å². The molecule has 30 heavy (non-hydrogen) atoms. The van der Waals surface area contributed by atoms with Gasteiger partial charge in [-0.25, -0.2) is 4.98 Å². The fraction of sp³-hybridized carbons (Fsp3) is 0.391. The predicted molar refractivity (Wildman–Crippen MR) is 116 cm³/mol. The molecule has 0 fully saturated rings. The number of aromatic nitrogens is 1. The van der Waals surface area contributed by atoms with Crippen LogP contribution < -0.4 is 10.2 Å². The summed E-state index contributed by atoms with van der Waals surface area (Å²) in [6.45, 7) is 8.67. The number of hydrogen-bond acceptors (Lipinski definition) is 5. The molecule has 7 heteroatoms. The lowest BCUT2D eigenvalue weighted by Crippen LogP contribution is -2.30. The number of fused-ring (bicyclic) bond motifs is 1. The molecule has 0 spiro atoms. The predicted octanol–water partition coefficient (Wildman–Crippen LogP) is 3.25. The van der Waals surface area contributed by atoms with Crippen molar-refractivity contribution in [2.24, 2.45) is 0 Å². The van der Waals surface area contributed by atoms with Crippen LogP contribution in [0.4, 0.5) is 5.82 Å². The van der Waals surface area contributed by atoms with Crippen molar-refractivity contribution in [3.05, 3.63) is 58.8 Å². The van der Waals surface area contributed by atoms with Crippen molar-refractivity contribution in [2.45, 2.75) is 40.2 Å². The first-order valence-electron chi connectivity index (χ1n) is 10.5. The highest BCUT2D eigenvalue weighted by Crippen LogP contribution is 2.24. The quantitative estimate of drug-likeness (QED) is 0.644. The molecule has 158 valence electrons. The van der Waals surface area contributed by atoms with Gasteiger partial charge in [0, 0.05) is 37.9 Å². The third-order valence-corrected chi connectivity index (χ3v) is 5.32. The van der Waals surface area contributed by atoms with Gasteiger partial charge in [-0.2, -0.15) is 0 Å². The van der Waals surface area contributed by atoms with E-state index in [1.54, 1.807) is 18.3 Å². The Labute approximate surface area is 177 Å². The minimum Gasteiger partial charge on any atom is -0.357 e. The van der Waals surface area contributed by atoms with Crippen LogP contribution in [-0.4, -0.2) is 47.2 Å². The Morgan fingerprint density at radius 3 is 2.40 bits per heavy atom. The number of carbonyl (C=O) groups excluding carboxylic acids is 3. The van der Waals surface area contributed by atoms with E-state index in [0.29, 0.717) is 29.8 Å². The molecule has 0 saturated carbocycles. The molecule has 3 amide bonds. The number of pyridine rings is 1. The summed E-state index contributed by atoms with van der Waals surface area (Å²) >= 11 is 0. The molecular weight excluding hydrogens is 380 g/mol. The van der Waals surface area contributed by atoms with E-state index in [4.69, 9.17) is 0 Å². The summed E-state index contributed by atoms with van der Waals surface area (Å²) in [4.78, 5) is 45.4. The number of rotatable bonds is 9. The van der Waals surface area contributed by atoms with Crippen LogP contribution in [0.2, 0.25) is 0 Å². The molecule has 0 aliphatic carbocycles. The van der Waals surface area contributed by atoms with Gasteiger partial charge in [-0.05, 0) is 50.1 Å². The standard InChI is InChI=1S/C23H28N4O3/c1-4-7-12-27-22(29)18-10-9-17(13-19(18)23(27)30)21(28)25-15-16-8-11-20(24-14-16)26(5-2)6-3/h8-11,13-14H,4-7,12,15H2,1-3H3,(H,25,28). The number of imide groups is 1. The minimum atomic E-state index is -0.325. The number of unbranched alkanes of at least 4 members (excludes halogenated alkanes) is 1. The van der Waals surface area contributed by atoms with E-state index in [2.05, 4.69) is 29.0 Å². The first-order valence-corrected chi connectivity index (χ1v) is 10.5. The van der Waals surface area contributed by atoms with E-state index in [1.165, 1.54) is 11.0 Å². The number of carbonyl (C=O) groups is 3. The minimum absolute atomic E-state index is 0.283. The summed E-state index contributed by atoms with van der Waals surface area (Å²) < 4.78 is 0. The zero-order valence-electron chi connectivity index (χ0n) is 17.8. The van der Waals surface area contributed by atoms with Crippen LogP contribution in [0.15, 0.2) is 36.5 Å². The largest absolute Gasteiger partial charge is 0.357 e. The smallest absolute Gasteiger partial charge is 0.261 e. The second kappa shape index (κ2) is 9.52. The Balaban J connectivity index is 1.66. The summed E-state index contributed by atoms with van der Waals surface area (Å²) in [6.07, 6.45) is 3.41. The van der Waals surface area contributed by atoms with Crippen LogP contribution in [0.25, 0.3) is 0 Å². The van der Waals surface area contributed by atoms with Gasteiger partial charge in [-0.3, -0.25) is 19.3 Å². The number of benzene rings is 1. The second-order valence-electron chi connectivity index (χ2n) is 7.26. The molecule has 1 N–H and O–H groups in total. The molecular formula is C23H28N4O3. The molecule has 1 aliphatic rings. The van der Waals surface area contributed by atoms with Crippen molar-refractivity contribution < 1.29 is 14.4 Å².